The van der Waals surface area contributed by atoms with Gasteiger partial charge in [0.2, 0.25) is 0 Å². The molecule has 0 N–H and O–H groups in total. The Kier molecular flexibility index (Phi) is 2.17. The zero-order chi connectivity index (χ0) is 6.91. The zero-order valence-electron chi connectivity index (χ0n) is 4.98. The Bertz CT molecular complexity index is 147. The molecule has 0 bridgehead atoms. The van der Waals surface area contributed by atoms with Crippen LogP contribution in [0.4, 0.5) is 0 Å². The average Bonchev–Trinajstić information content (AvgIpc) is 2.35. The fourth-order valence-electron chi connectivity index (χ4n) is 0.656. The molecule has 0 aliphatic heterocycles. The second kappa shape index (κ2) is 2.59. The second-order valence-electron chi connectivity index (χ2n) is 2.19. The Morgan fingerprint density at radius 1 is 1.56 bits per heavy atom. The fourth-order valence-corrected chi connectivity index (χ4v) is 1.66. The van der Waals surface area contributed by atoms with Gasteiger partial charge in [-0.05, 0) is 6.42 Å². The number of allylic oxidation sites excluding steroid dienone is 3. The highest BCUT2D eigenvalue weighted by atomic mass is 79.9. The highest BCUT2D eigenvalue weighted by Crippen LogP contribution is 2.56. The van der Waals surface area contributed by atoms with Gasteiger partial charge in [0.05, 0.1) is 3.23 Å². The third-order valence-corrected chi connectivity index (χ3v) is 3.18. The standard InChI is InChI=1S/C7H8Br2/c1-2-3-4-6-5-7(6,8)9/h2-4,6H,1,5H2/b4-3-/t6-/m0/s1. The topological polar surface area (TPSA) is 0 Å². The van der Waals surface area contributed by atoms with E-state index in [2.05, 4.69) is 44.5 Å². The van der Waals surface area contributed by atoms with Crippen molar-refractivity contribution in [3.8, 4) is 0 Å². The monoisotopic (exact) mass is 250 g/mol. The fraction of sp³-hybridized carbons (Fsp3) is 0.429. The van der Waals surface area contributed by atoms with Crippen LogP contribution in [0.1, 0.15) is 6.42 Å². The number of alkyl halides is 2. The molecule has 0 aromatic rings. The Labute approximate surface area is 72.3 Å². The molecule has 1 atom stereocenters. The van der Waals surface area contributed by atoms with Crippen molar-refractivity contribution in [3.63, 3.8) is 0 Å². The first kappa shape index (κ1) is 7.55. The summed E-state index contributed by atoms with van der Waals surface area (Å²) in [7, 11) is 0. The van der Waals surface area contributed by atoms with Gasteiger partial charge in [-0.3, -0.25) is 0 Å². The minimum absolute atomic E-state index is 0.208. The molecule has 1 fully saturated rings. The quantitative estimate of drug-likeness (QED) is 0.522. The molecular formula is C7H8Br2. The number of halogens is 2. The second-order valence-corrected chi connectivity index (χ2v) is 6.09. The van der Waals surface area contributed by atoms with Gasteiger partial charge >= 0.3 is 0 Å². The minimum Gasteiger partial charge on any atom is -0.0991 e. The largest absolute Gasteiger partial charge is 0.0991 e. The lowest BCUT2D eigenvalue weighted by Crippen LogP contribution is -1.82. The van der Waals surface area contributed by atoms with Crippen molar-refractivity contribution in [1.29, 1.82) is 0 Å². The van der Waals surface area contributed by atoms with Crippen LogP contribution >= 0.6 is 31.9 Å². The molecule has 50 valence electrons. The van der Waals surface area contributed by atoms with Crippen LogP contribution in [0, 0.1) is 5.92 Å². The Hall–Kier alpha value is 0.440. The van der Waals surface area contributed by atoms with Crippen LogP contribution in [0.15, 0.2) is 24.8 Å². The van der Waals surface area contributed by atoms with Crippen LogP contribution in [0.2, 0.25) is 0 Å². The Balaban J connectivity index is 2.35. The third kappa shape index (κ3) is 1.94. The van der Waals surface area contributed by atoms with Gasteiger partial charge in [-0.1, -0.05) is 56.7 Å². The molecule has 0 heterocycles. The van der Waals surface area contributed by atoms with Crippen molar-refractivity contribution in [1.82, 2.24) is 0 Å². The summed E-state index contributed by atoms with van der Waals surface area (Å²) in [4.78, 5) is 0. The normalized spacial score (nSPS) is 30.7. The molecule has 2 heteroatoms. The van der Waals surface area contributed by atoms with E-state index in [1.165, 1.54) is 6.42 Å². The van der Waals surface area contributed by atoms with Crippen LogP contribution in [-0.2, 0) is 0 Å². The SMILES string of the molecule is C=C/C=C\[C@H]1CC1(Br)Br. The van der Waals surface area contributed by atoms with Gasteiger partial charge in [-0.15, -0.1) is 0 Å². The molecule has 0 radical (unpaired) electrons. The highest BCUT2D eigenvalue weighted by molar-refractivity contribution is 9.25. The first-order valence-corrected chi connectivity index (χ1v) is 4.42. The summed E-state index contributed by atoms with van der Waals surface area (Å²) in [5.41, 5.74) is 0. The van der Waals surface area contributed by atoms with Gasteiger partial charge in [0.25, 0.3) is 0 Å². The van der Waals surface area contributed by atoms with Crippen LogP contribution in [0.5, 0.6) is 0 Å². The van der Waals surface area contributed by atoms with Gasteiger partial charge in [0, 0.05) is 5.92 Å². The summed E-state index contributed by atoms with van der Waals surface area (Å²) in [5, 5.41) is 0. The summed E-state index contributed by atoms with van der Waals surface area (Å²) in [6, 6.07) is 0. The van der Waals surface area contributed by atoms with Crippen molar-refractivity contribution < 1.29 is 0 Å². The van der Waals surface area contributed by atoms with Gasteiger partial charge in [0.15, 0.2) is 0 Å². The van der Waals surface area contributed by atoms with E-state index in [0.29, 0.717) is 5.92 Å². The third-order valence-electron chi connectivity index (χ3n) is 1.35. The Morgan fingerprint density at radius 2 is 2.11 bits per heavy atom. The molecule has 1 rings (SSSR count). The molecule has 1 saturated carbocycles. The van der Waals surface area contributed by atoms with Crippen LogP contribution < -0.4 is 0 Å². The predicted octanol–water partition coefficient (Wildman–Crippen LogP) is 3.23. The predicted molar refractivity (Wildman–Crippen MR) is 48.0 cm³/mol. The molecule has 0 spiro atoms. The summed E-state index contributed by atoms with van der Waals surface area (Å²) in [6.45, 7) is 3.59. The van der Waals surface area contributed by atoms with E-state index in [1.807, 2.05) is 6.08 Å². The molecule has 9 heavy (non-hydrogen) atoms. The number of hydrogen-bond acceptors (Lipinski definition) is 0. The summed E-state index contributed by atoms with van der Waals surface area (Å²) >= 11 is 7.03. The smallest absolute Gasteiger partial charge is 0.0875 e. The van der Waals surface area contributed by atoms with E-state index in [-0.39, 0.29) is 3.23 Å². The summed E-state index contributed by atoms with van der Waals surface area (Å²) < 4.78 is 0.208. The van der Waals surface area contributed by atoms with Crippen molar-refractivity contribution in [2.75, 3.05) is 0 Å². The molecule has 1 aliphatic carbocycles. The minimum atomic E-state index is 0.208. The molecule has 1 aliphatic rings. The number of hydrogen-bond donors (Lipinski definition) is 0. The maximum Gasteiger partial charge on any atom is 0.0875 e. The van der Waals surface area contributed by atoms with Crippen molar-refractivity contribution >= 4 is 31.9 Å². The van der Waals surface area contributed by atoms with Crippen LogP contribution in [0.3, 0.4) is 0 Å². The van der Waals surface area contributed by atoms with Gasteiger partial charge in [0.1, 0.15) is 0 Å². The van der Waals surface area contributed by atoms with Crippen LogP contribution in [-0.4, -0.2) is 3.23 Å². The molecule has 0 nitrogen and oxygen atoms in total. The van der Waals surface area contributed by atoms with Crippen LogP contribution in [0.25, 0.3) is 0 Å². The molecular weight excluding hydrogens is 244 g/mol. The van der Waals surface area contributed by atoms with Crippen molar-refractivity contribution in [2.24, 2.45) is 5.92 Å². The zero-order valence-corrected chi connectivity index (χ0v) is 8.15. The van der Waals surface area contributed by atoms with Gasteiger partial charge in [-0.25, -0.2) is 0 Å². The first-order valence-electron chi connectivity index (χ1n) is 2.84. The average molecular weight is 252 g/mol. The Morgan fingerprint density at radius 3 is 2.44 bits per heavy atom. The van der Waals surface area contributed by atoms with E-state index in [9.17, 15) is 0 Å². The lowest BCUT2D eigenvalue weighted by atomic mass is 10.4. The van der Waals surface area contributed by atoms with E-state index in [1.54, 1.807) is 6.08 Å². The number of rotatable bonds is 2. The van der Waals surface area contributed by atoms with Gasteiger partial charge < -0.3 is 0 Å². The molecule has 0 aromatic heterocycles. The molecule has 0 unspecified atom stereocenters. The molecule has 0 saturated heterocycles. The van der Waals surface area contributed by atoms with Gasteiger partial charge in [-0.2, -0.15) is 0 Å². The van der Waals surface area contributed by atoms with Crippen molar-refractivity contribution in [2.45, 2.75) is 9.65 Å². The summed E-state index contributed by atoms with van der Waals surface area (Å²) in [5.74, 6) is 0.649. The summed E-state index contributed by atoms with van der Waals surface area (Å²) in [6.07, 6.45) is 7.11. The van der Waals surface area contributed by atoms with E-state index >= 15 is 0 Å². The maximum atomic E-state index is 3.59. The van der Waals surface area contributed by atoms with E-state index < -0.39 is 0 Å². The maximum absolute atomic E-state index is 3.59. The molecule has 0 aromatic carbocycles. The lowest BCUT2D eigenvalue weighted by Gasteiger charge is -1.89. The first-order chi connectivity index (χ1) is 4.17. The molecule has 0 amide bonds. The lowest BCUT2D eigenvalue weighted by molar-refractivity contribution is 1.12. The highest BCUT2D eigenvalue weighted by Gasteiger charge is 2.48. The van der Waals surface area contributed by atoms with Crippen molar-refractivity contribution in [3.05, 3.63) is 24.8 Å². The van der Waals surface area contributed by atoms with E-state index in [0.717, 1.165) is 0 Å². The van der Waals surface area contributed by atoms with E-state index in [4.69, 9.17) is 0 Å².